The number of anilines is 1. The number of likely N-dealkylation sites (tertiary alicyclic amines) is 1. The number of nitrogen functional groups attached to an aromatic ring is 1. The summed E-state index contributed by atoms with van der Waals surface area (Å²) in [7, 11) is 1.63. The summed E-state index contributed by atoms with van der Waals surface area (Å²) in [6.45, 7) is 2.83. The number of aromatic nitrogens is 2. The van der Waals surface area contributed by atoms with Gasteiger partial charge in [-0.2, -0.15) is 0 Å². The van der Waals surface area contributed by atoms with Gasteiger partial charge in [0.1, 0.15) is 17.1 Å². The molecule has 0 saturated carbocycles. The van der Waals surface area contributed by atoms with Crippen LogP contribution in [0.25, 0.3) is 0 Å². The number of methoxy groups -OCH3 is 1. The second-order valence-electron chi connectivity index (χ2n) is 8.49. The number of nitrogens with two attached hydrogens (primary N) is 1. The van der Waals surface area contributed by atoms with Gasteiger partial charge < -0.3 is 10.5 Å². The minimum absolute atomic E-state index is 0.0453. The second kappa shape index (κ2) is 10.1. The lowest BCUT2D eigenvalue weighted by Crippen LogP contribution is -2.45. The summed E-state index contributed by atoms with van der Waals surface area (Å²) in [6.07, 6.45) is 1.85. The number of carbonyl (C=O) groups is 1. The zero-order valence-corrected chi connectivity index (χ0v) is 19.6. The van der Waals surface area contributed by atoms with Crippen molar-refractivity contribution in [2.45, 2.75) is 38.9 Å². The molecule has 0 aliphatic carbocycles. The van der Waals surface area contributed by atoms with Crippen LogP contribution >= 0.6 is 0 Å². The standard InChI is InChI=1S/C26H30N4O4/c1-3-29-25(32)23(24(27)30(26(29)33)16-18-9-5-4-6-10-18)22(31)17-28-14-8-13-21(28)19-11-7-12-20(15-19)34-2/h4-7,9-12,15,21H,3,8,13-14,16-17,27H2,1-2H3. The number of rotatable bonds is 8. The SMILES string of the molecule is CCn1c(=O)c(C(=O)CN2CCCC2c2cccc(OC)c2)c(N)n(Cc2ccccc2)c1=O. The molecule has 1 atom stereocenters. The van der Waals surface area contributed by atoms with Crippen LogP contribution in [0.3, 0.4) is 0 Å². The fraction of sp³-hybridized carbons (Fsp3) is 0.346. The van der Waals surface area contributed by atoms with Crippen molar-refractivity contribution >= 4 is 11.6 Å². The van der Waals surface area contributed by atoms with Crippen molar-refractivity contribution in [1.82, 2.24) is 14.0 Å². The van der Waals surface area contributed by atoms with Crippen LogP contribution in [-0.2, 0) is 13.1 Å². The molecular formula is C26H30N4O4. The molecule has 2 N–H and O–H groups in total. The Morgan fingerprint density at radius 3 is 2.56 bits per heavy atom. The predicted octanol–water partition coefficient (Wildman–Crippen LogP) is 2.69. The lowest BCUT2D eigenvalue weighted by molar-refractivity contribution is 0.0919. The van der Waals surface area contributed by atoms with Gasteiger partial charge in [0, 0.05) is 12.6 Å². The van der Waals surface area contributed by atoms with Crippen LogP contribution < -0.4 is 21.7 Å². The van der Waals surface area contributed by atoms with E-state index in [1.807, 2.05) is 54.6 Å². The smallest absolute Gasteiger partial charge is 0.332 e. The Hall–Kier alpha value is -3.65. The van der Waals surface area contributed by atoms with E-state index in [4.69, 9.17) is 10.5 Å². The van der Waals surface area contributed by atoms with E-state index in [0.717, 1.165) is 40.8 Å². The van der Waals surface area contributed by atoms with Crippen molar-refractivity contribution in [2.24, 2.45) is 0 Å². The average molecular weight is 463 g/mol. The van der Waals surface area contributed by atoms with Gasteiger partial charge in [-0.15, -0.1) is 0 Å². The molecule has 178 valence electrons. The number of nitrogens with zero attached hydrogens (tertiary/aromatic N) is 3. The first-order valence-electron chi connectivity index (χ1n) is 11.5. The van der Waals surface area contributed by atoms with E-state index in [0.29, 0.717) is 0 Å². The summed E-state index contributed by atoms with van der Waals surface area (Å²) in [5.41, 5.74) is 6.97. The summed E-state index contributed by atoms with van der Waals surface area (Å²) in [4.78, 5) is 41.6. The normalized spacial score (nSPS) is 16.0. The fourth-order valence-corrected chi connectivity index (χ4v) is 4.68. The molecule has 1 saturated heterocycles. The van der Waals surface area contributed by atoms with Crippen LogP contribution in [0.2, 0.25) is 0 Å². The first-order valence-corrected chi connectivity index (χ1v) is 11.5. The third-order valence-corrected chi connectivity index (χ3v) is 6.44. The Labute approximate surface area is 198 Å². The van der Waals surface area contributed by atoms with Crippen molar-refractivity contribution in [3.05, 3.63) is 92.1 Å². The van der Waals surface area contributed by atoms with Crippen LogP contribution in [-0.4, -0.2) is 40.0 Å². The van der Waals surface area contributed by atoms with Gasteiger partial charge in [0.25, 0.3) is 5.56 Å². The highest BCUT2D eigenvalue weighted by molar-refractivity contribution is 6.01. The van der Waals surface area contributed by atoms with E-state index in [9.17, 15) is 14.4 Å². The van der Waals surface area contributed by atoms with Crippen LogP contribution in [0.1, 0.15) is 47.3 Å². The molecule has 8 heteroatoms. The van der Waals surface area contributed by atoms with Gasteiger partial charge in [0.2, 0.25) is 0 Å². The van der Waals surface area contributed by atoms with Crippen LogP contribution in [0.15, 0.2) is 64.2 Å². The molecular weight excluding hydrogens is 432 g/mol. The number of Topliss-reactive ketones (excluding diaryl/α,β-unsaturated/α-hetero) is 1. The molecule has 3 aromatic rings. The van der Waals surface area contributed by atoms with Crippen LogP contribution in [0, 0.1) is 0 Å². The Morgan fingerprint density at radius 1 is 1.09 bits per heavy atom. The topological polar surface area (TPSA) is 99.6 Å². The van der Waals surface area contributed by atoms with Crippen molar-refractivity contribution in [3.8, 4) is 5.75 Å². The molecule has 1 fully saturated rings. The van der Waals surface area contributed by atoms with Crippen molar-refractivity contribution in [1.29, 1.82) is 0 Å². The van der Waals surface area contributed by atoms with E-state index in [1.54, 1.807) is 14.0 Å². The molecule has 0 radical (unpaired) electrons. The monoisotopic (exact) mass is 462 g/mol. The maximum absolute atomic E-state index is 13.5. The lowest BCUT2D eigenvalue weighted by Gasteiger charge is -2.25. The summed E-state index contributed by atoms with van der Waals surface area (Å²) in [5, 5.41) is 0. The van der Waals surface area contributed by atoms with Crippen molar-refractivity contribution in [3.63, 3.8) is 0 Å². The van der Waals surface area contributed by atoms with Gasteiger partial charge in [-0.3, -0.25) is 23.6 Å². The first-order chi connectivity index (χ1) is 16.4. The van der Waals surface area contributed by atoms with E-state index in [-0.39, 0.29) is 42.8 Å². The summed E-state index contributed by atoms with van der Waals surface area (Å²) in [6, 6.07) is 17.2. The minimum atomic E-state index is -0.628. The maximum atomic E-state index is 13.5. The molecule has 1 aliphatic heterocycles. The summed E-state index contributed by atoms with van der Waals surface area (Å²) >= 11 is 0. The molecule has 2 aromatic carbocycles. The molecule has 0 amide bonds. The highest BCUT2D eigenvalue weighted by Gasteiger charge is 2.30. The molecule has 1 aromatic heterocycles. The maximum Gasteiger partial charge on any atom is 0.332 e. The number of hydrogen-bond acceptors (Lipinski definition) is 6. The van der Waals surface area contributed by atoms with Gasteiger partial charge in [0.05, 0.1) is 20.2 Å². The van der Waals surface area contributed by atoms with Gasteiger partial charge in [-0.25, -0.2) is 4.79 Å². The molecule has 1 aliphatic rings. The molecule has 2 heterocycles. The highest BCUT2D eigenvalue weighted by atomic mass is 16.5. The number of benzene rings is 2. The Kier molecular flexibility index (Phi) is 6.98. The third kappa shape index (κ3) is 4.54. The largest absolute Gasteiger partial charge is 0.497 e. The number of ketones is 1. The average Bonchev–Trinajstić information content (AvgIpc) is 3.31. The van der Waals surface area contributed by atoms with Crippen LogP contribution in [0.4, 0.5) is 5.82 Å². The molecule has 34 heavy (non-hydrogen) atoms. The Bertz CT molecular complexity index is 1300. The van der Waals surface area contributed by atoms with Gasteiger partial charge in [-0.05, 0) is 49.6 Å². The number of ether oxygens (including phenoxy) is 1. The van der Waals surface area contributed by atoms with Crippen molar-refractivity contribution < 1.29 is 9.53 Å². The zero-order chi connectivity index (χ0) is 24.2. The lowest BCUT2D eigenvalue weighted by atomic mass is 10.0. The minimum Gasteiger partial charge on any atom is -0.497 e. The van der Waals surface area contributed by atoms with E-state index < -0.39 is 11.2 Å². The predicted molar refractivity (Wildman–Crippen MR) is 131 cm³/mol. The van der Waals surface area contributed by atoms with E-state index in [2.05, 4.69) is 4.90 Å². The first kappa shape index (κ1) is 23.5. The third-order valence-electron chi connectivity index (χ3n) is 6.44. The molecule has 0 bridgehead atoms. The second-order valence-corrected chi connectivity index (χ2v) is 8.49. The van der Waals surface area contributed by atoms with E-state index >= 15 is 0 Å². The Balaban J connectivity index is 1.68. The zero-order valence-electron chi connectivity index (χ0n) is 19.6. The molecule has 4 rings (SSSR count). The summed E-state index contributed by atoms with van der Waals surface area (Å²) in [5.74, 6) is 0.311. The fourth-order valence-electron chi connectivity index (χ4n) is 4.68. The van der Waals surface area contributed by atoms with Gasteiger partial charge in [-0.1, -0.05) is 42.5 Å². The number of carbonyl (C=O) groups excluding carboxylic acids is 1. The highest BCUT2D eigenvalue weighted by Crippen LogP contribution is 2.33. The molecule has 0 spiro atoms. The number of hydrogen-bond donors (Lipinski definition) is 1. The quantitative estimate of drug-likeness (QED) is 0.517. The van der Waals surface area contributed by atoms with Crippen molar-refractivity contribution in [2.75, 3.05) is 25.9 Å². The molecule has 8 nitrogen and oxygen atoms in total. The van der Waals surface area contributed by atoms with Crippen LogP contribution in [0.5, 0.6) is 5.75 Å². The Morgan fingerprint density at radius 2 is 1.85 bits per heavy atom. The summed E-state index contributed by atoms with van der Waals surface area (Å²) < 4.78 is 7.75. The molecule has 1 unspecified atom stereocenters. The van der Waals surface area contributed by atoms with E-state index in [1.165, 1.54) is 4.57 Å². The van der Waals surface area contributed by atoms with Gasteiger partial charge in [0.15, 0.2) is 5.78 Å². The van der Waals surface area contributed by atoms with Gasteiger partial charge >= 0.3 is 5.69 Å².